The first-order valence-electron chi connectivity index (χ1n) is 9.25. The molecule has 28 heavy (non-hydrogen) atoms. The van der Waals surface area contributed by atoms with E-state index in [2.05, 4.69) is 16.0 Å². The highest BCUT2D eigenvalue weighted by Crippen LogP contribution is 2.26. The van der Waals surface area contributed by atoms with Gasteiger partial charge < -0.3 is 9.90 Å². The van der Waals surface area contributed by atoms with Crippen LogP contribution in [0.5, 0.6) is 0 Å². The molecule has 6 heteroatoms. The molecule has 0 saturated carbocycles. The maximum absolute atomic E-state index is 10.7. The molecule has 0 spiro atoms. The predicted molar refractivity (Wildman–Crippen MR) is 120 cm³/mol. The first-order chi connectivity index (χ1) is 13.1. The van der Waals surface area contributed by atoms with Crippen molar-refractivity contribution in [3.05, 3.63) is 47.8 Å². The third-order valence-corrected chi connectivity index (χ3v) is 6.61. The Hall–Kier alpha value is -1.37. The van der Waals surface area contributed by atoms with Crippen LogP contribution in [0, 0.1) is 24.7 Å². The van der Waals surface area contributed by atoms with Gasteiger partial charge in [-0.3, -0.25) is 0 Å². The van der Waals surface area contributed by atoms with E-state index in [9.17, 15) is 4.79 Å². The molecule has 4 nitrogen and oxygen atoms in total. The van der Waals surface area contributed by atoms with E-state index in [0.717, 1.165) is 33.4 Å². The van der Waals surface area contributed by atoms with E-state index in [1.54, 1.807) is 23.5 Å². The van der Waals surface area contributed by atoms with Crippen LogP contribution in [0.15, 0.2) is 46.7 Å². The molecule has 1 N–H and O–H groups in total. The number of nitrogens with zero attached hydrogens (tertiary/aromatic N) is 2. The molecule has 154 valence electrons. The van der Waals surface area contributed by atoms with E-state index >= 15 is 0 Å². The van der Waals surface area contributed by atoms with Crippen molar-refractivity contribution in [2.75, 3.05) is 18.1 Å². The molecule has 0 fully saturated rings. The number of rotatable bonds is 8. The standard InChI is InChI=1S/C11H17NOS.C11H15NOS/c2*1-9-4-5-10(12-6-9)14-8-11(2,3)7-13/h4-6,13H,7-8H2,1-3H3;4-7H,8H2,1-3H3. The van der Waals surface area contributed by atoms with E-state index in [0.29, 0.717) is 0 Å². The van der Waals surface area contributed by atoms with Gasteiger partial charge in [0.1, 0.15) is 6.29 Å². The second-order valence-corrected chi connectivity index (χ2v) is 10.3. The molecular weight excluding hydrogens is 388 g/mol. The molecule has 0 aliphatic heterocycles. The van der Waals surface area contributed by atoms with Gasteiger partial charge in [-0.1, -0.05) is 39.8 Å². The topological polar surface area (TPSA) is 63.1 Å². The average Bonchev–Trinajstić information content (AvgIpc) is 2.68. The lowest BCUT2D eigenvalue weighted by molar-refractivity contribution is -0.113. The Morgan fingerprint density at radius 2 is 1.36 bits per heavy atom. The van der Waals surface area contributed by atoms with E-state index in [4.69, 9.17) is 5.11 Å². The number of carbonyl (C=O) groups excluding carboxylic acids is 1. The minimum absolute atomic E-state index is 0.0305. The van der Waals surface area contributed by atoms with Crippen LogP contribution in [0.3, 0.4) is 0 Å². The van der Waals surface area contributed by atoms with Crippen LogP contribution in [0.25, 0.3) is 0 Å². The SMILES string of the molecule is Cc1ccc(SCC(C)(C)C=O)nc1.Cc1ccc(SCC(C)(C)CO)nc1. The molecule has 0 aliphatic carbocycles. The maximum Gasteiger partial charge on any atom is 0.126 e. The Bertz CT molecular complexity index is 714. The summed E-state index contributed by atoms with van der Waals surface area (Å²) in [5.41, 5.74) is 2.04. The van der Waals surface area contributed by atoms with Crippen LogP contribution in [0.4, 0.5) is 0 Å². The summed E-state index contributed by atoms with van der Waals surface area (Å²) in [6.07, 6.45) is 4.71. The molecule has 0 radical (unpaired) electrons. The summed E-state index contributed by atoms with van der Waals surface area (Å²) in [5.74, 6) is 1.66. The van der Waals surface area contributed by atoms with Gasteiger partial charge in [-0.2, -0.15) is 0 Å². The molecule has 0 aliphatic rings. The van der Waals surface area contributed by atoms with Crippen LogP contribution in [0.2, 0.25) is 0 Å². The van der Waals surface area contributed by atoms with Gasteiger partial charge >= 0.3 is 0 Å². The van der Waals surface area contributed by atoms with Crippen molar-refractivity contribution in [3.8, 4) is 0 Å². The summed E-state index contributed by atoms with van der Waals surface area (Å²) >= 11 is 3.31. The summed E-state index contributed by atoms with van der Waals surface area (Å²) in [6.45, 7) is 12.2. The van der Waals surface area contributed by atoms with Gasteiger partial charge in [-0.05, 0) is 42.5 Å². The molecule has 0 amide bonds. The first kappa shape index (κ1) is 24.7. The number of thioether (sulfide) groups is 2. The van der Waals surface area contributed by atoms with Crippen molar-refractivity contribution in [2.24, 2.45) is 10.8 Å². The Morgan fingerprint density at radius 1 is 0.893 bits per heavy atom. The van der Waals surface area contributed by atoms with Gasteiger partial charge in [-0.25, -0.2) is 9.97 Å². The molecule has 2 rings (SSSR count). The van der Waals surface area contributed by atoms with Crippen LogP contribution in [-0.4, -0.2) is 39.5 Å². The number of aliphatic hydroxyl groups is 1. The Morgan fingerprint density at radius 3 is 1.71 bits per heavy atom. The van der Waals surface area contributed by atoms with Crippen LogP contribution >= 0.6 is 23.5 Å². The number of carbonyl (C=O) groups is 1. The van der Waals surface area contributed by atoms with Gasteiger partial charge in [0, 0.05) is 35.9 Å². The predicted octanol–water partition coefficient (Wildman–Crippen LogP) is 5.21. The number of aromatic nitrogens is 2. The maximum atomic E-state index is 10.7. The monoisotopic (exact) mass is 420 g/mol. The zero-order valence-electron chi connectivity index (χ0n) is 17.7. The van der Waals surface area contributed by atoms with Crippen molar-refractivity contribution < 1.29 is 9.90 Å². The molecule has 0 saturated heterocycles. The highest BCUT2D eigenvalue weighted by molar-refractivity contribution is 7.99. The van der Waals surface area contributed by atoms with Crippen molar-refractivity contribution in [2.45, 2.75) is 51.6 Å². The second-order valence-electron chi connectivity index (χ2n) is 8.35. The van der Waals surface area contributed by atoms with Gasteiger partial charge in [0.05, 0.1) is 10.1 Å². The lowest BCUT2D eigenvalue weighted by Gasteiger charge is -2.20. The van der Waals surface area contributed by atoms with Crippen molar-refractivity contribution in [1.82, 2.24) is 9.97 Å². The van der Waals surface area contributed by atoms with E-state index < -0.39 is 0 Å². The number of hydrogen-bond donors (Lipinski definition) is 1. The van der Waals surface area contributed by atoms with Crippen LogP contribution in [-0.2, 0) is 4.79 Å². The Labute approximate surface area is 178 Å². The molecule has 0 aromatic carbocycles. The van der Waals surface area contributed by atoms with Crippen molar-refractivity contribution >= 4 is 29.8 Å². The Kier molecular flexibility index (Phi) is 10.2. The van der Waals surface area contributed by atoms with Crippen molar-refractivity contribution in [1.29, 1.82) is 0 Å². The van der Waals surface area contributed by atoms with Crippen molar-refractivity contribution in [3.63, 3.8) is 0 Å². The quantitative estimate of drug-likeness (QED) is 0.467. The highest BCUT2D eigenvalue weighted by Gasteiger charge is 2.17. The summed E-state index contributed by atoms with van der Waals surface area (Å²) in [5, 5.41) is 11.1. The summed E-state index contributed by atoms with van der Waals surface area (Å²) < 4.78 is 0. The fourth-order valence-electron chi connectivity index (χ4n) is 1.69. The normalized spacial score (nSPS) is 11.5. The lowest BCUT2D eigenvalue weighted by Crippen LogP contribution is -2.19. The van der Waals surface area contributed by atoms with E-state index in [-0.39, 0.29) is 17.4 Å². The molecule has 0 unspecified atom stereocenters. The van der Waals surface area contributed by atoms with E-state index in [1.807, 2.05) is 72.1 Å². The minimum Gasteiger partial charge on any atom is -0.396 e. The van der Waals surface area contributed by atoms with Gasteiger partial charge in [0.25, 0.3) is 0 Å². The van der Waals surface area contributed by atoms with Gasteiger partial charge in [0.2, 0.25) is 0 Å². The van der Waals surface area contributed by atoms with Gasteiger partial charge in [-0.15, -0.1) is 23.5 Å². The second kappa shape index (κ2) is 11.6. The molecule has 2 heterocycles. The third kappa shape index (κ3) is 10.2. The molecule has 2 aromatic heterocycles. The smallest absolute Gasteiger partial charge is 0.126 e. The zero-order chi connectivity index (χ0) is 21.2. The summed E-state index contributed by atoms with van der Waals surface area (Å²) in [7, 11) is 0. The van der Waals surface area contributed by atoms with E-state index in [1.165, 1.54) is 5.56 Å². The zero-order valence-corrected chi connectivity index (χ0v) is 19.4. The molecule has 0 atom stereocenters. The highest BCUT2D eigenvalue weighted by atomic mass is 32.2. The number of aliphatic hydroxyl groups excluding tert-OH is 1. The average molecular weight is 421 g/mol. The molecular formula is C22H32N2O2S2. The fourth-order valence-corrected chi connectivity index (χ4v) is 3.49. The number of aryl methyl sites for hydroxylation is 2. The largest absolute Gasteiger partial charge is 0.396 e. The lowest BCUT2D eigenvalue weighted by atomic mass is 9.98. The number of aldehydes is 1. The molecule has 2 aromatic rings. The van der Waals surface area contributed by atoms with Crippen LogP contribution in [0.1, 0.15) is 38.8 Å². The molecule has 0 bridgehead atoms. The number of hydrogen-bond acceptors (Lipinski definition) is 6. The summed E-state index contributed by atoms with van der Waals surface area (Å²) in [4.78, 5) is 19.2. The minimum atomic E-state index is -0.267. The Balaban J connectivity index is 0.000000280. The first-order valence-corrected chi connectivity index (χ1v) is 11.2. The number of pyridine rings is 2. The fraction of sp³-hybridized carbons (Fsp3) is 0.500. The summed E-state index contributed by atoms with van der Waals surface area (Å²) in [6, 6.07) is 8.10. The third-order valence-electron chi connectivity index (χ3n) is 3.72. The van der Waals surface area contributed by atoms with Crippen LogP contribution < -0.4 is 0 Å². The van der Waals surface area contributed by atoms with Gasteiger partial charge in [0.15, 0.2) is 0 Å².